The van der Waals surface area contributed by atoms with E-state index in [-0.39, 0.29) is 35.8 Å². The molecule has 2 aliphatic rings. The smallest absolute Gasteiger partial charge is 0.257 e. The third-order valence-corrected chi connectivity index (χ3v) is 7.56. The van der Waals surface area contributed by atoms with Gasteiger partial charge in [0.25, 0.3) is 5.91 Å². The molecule has 1 aliphatic heterocycles. The van der Waals surface area contributed by atoms with Crippen molar-refractivity contribution in [3.05, 3.63) is 46.9 Å². The number of H-pyrrole nitrogens is 1. The molecule has 9 heteroatoms. The van der Waals surface area contributed by atoms with Crippen molar-refractivity contribution in [3.63, 3.8) is 0 Å². The molecule has 2 aromatic heterocycles. The van der Waals surface area contributed by atoms with Crippen molar-refractivity contribution in [2.75, 3.05) is 6.54 Å². The lowest BCUT2D eigenvalue weighted by Crippen LogP contribution is -2.36. The Morgan fingerprint density at radius 3 is 2.83 bits per heavy atom. The molecule has 0 spiro atoms. The fourth-order valence-electron chi connectivity index (χ4n) is 5.40. The number of hydrogen-bond acceptors (Lipinski definition) is 5. The average molecular weight is 482 g/mol. The normalized spacial score (nSPS) is 21.6. The van der Waals surface area contributed by atoms with Crippen LogP contribution in [-0.2, 0) is 17.8 Å². The van der Waals surface area contributed by atoms with Crippen LogP contribution in [0.25, 0.3) is 11.0 Å². The van der Waals surface area contributed by atoms with E-state index >= 15 is 4.39 Å². The number of benzene rings is 1. The standard InChI is InChI=1S/C26H32FN5O3/c1-3-19-18(14-35-31-19)26(34)30-23(16-8-6-15(2)7-9-16)25-28-20-11-10-17(22(27)24(20)29-25)13-32-12-4-5-21(32)33/h10-11,14-16,23H,3-9,12-13H2,1-2H3,(H,28,29)(H,30,34)/t15?,16?,23-/m0/s1. The van der Waals surface area contributed by atoms with E-state index in [1.807, 2.05) is 13.0 Å². The summed E-state index contributed by atoms with van der Waals surface area (Å²) in [6, 6.07) is 3.14. The number of carbonyl (C=O) groups is 2. The van der Waals surface area contributed by atoms with E-state index in [4.69, 9.17) is 4.52 Å². The fraction of sp³-hybridized carbons (Fsp3) is 0.538. The SMILES string of the molecule is CCc1nocc1C(=O)N[C@H](c1nc2c(F)c(CN3CCCC3=O)ccc2[nH]1)C1CCC(C)CC1. The highest BCUT2D eigenvalue weighted by Crippen LogP contribution is 2.37. The van der Waals surface area contributed by atoms with Crippen molar-refractivity contribution in [1.29, 1.82) is 0 Å². The van der Waals surface area contributed by atoms with Crippen LogP contribution in [0.3, 0.4) is 0 Å². The van der Waals surface area contributed by atoms with Gasteiger partial charge in [-0.25, -0.2) is 9.37 Å². The molecule has 0 bridgehead atoms. The topological polar surface area (TPSA) is 104 Å². The van der Waals surface area contributed by atoms with Crippen molar-refractivity contribution < 1.29 is 18.5 Å². The minimum absolute atomic E-state index is 0.0571. The molecule has 0 radical (unpaired) electrons. The Kier molecular flexibility index (Phi) is 6.58. The molecule has 3 aromatic rings. The summed E-state index contributed by atoms with van der Waals surface area (Å²) in [6.45, 7) is 5.07. The Labute approximate surface area is 203 Å². The minimum atomic E-state index is -0.417. The van der Waals surface area contributed by atoms with Gasteiger partial charge >= 0.3 is 0 Å². The quantitative estimate of drug-likeness (QED) is 0.510. The molecule has 2 fully saturated rings. The van der Waals surface area contributed by atoms with Crippen LogP contribution in [0, 0.1) is 17.7 Å². The fourth-order valence-corrected chi connectivity index (χ4v) is 5.40. The summed E-state index contributed by atoms with van der Waals surface area (Å²) in [6.07, 6.45) is 7.35. The second-order valence-electron chi connectivity index (χ2n) is 9.98. The van der Waals surface area contributed by atoms with Crippen LogP contribution >= 0.6 is 0 Å². The number of aryl methyl sites for hydroxylation is 1. The lowest BCUT2D eigenvalue weighted by atomic mass is 9.79. The van der Waals surface area contributed by atoms with E-state index < -0.39 is 5.82 Å². The van der Waals surface area contributed by atoms with Gasteiger partial charge in [-0.3, -0.25) is 9.59 Å². The summed E-state index contributed by atoms with van der Waals surface area (Å²) in [4.78, 5) is 34.8. The molecule has 3 heterocycles. The third-order valence-electron chi connectivity index (χ3n) is 7.56. The highest BCUT2D eigenvalue weighted by Gasteiger charge is 2.32. The first-order valence-corrected chi connectivity index (χ1v) is 12.6. The number of rotatable bonds is 7. The van der Waals surface area contributed by atoms with Crippen LogP contribution in [0.2, 0.25) is 0 Å². The van der Waals surface area contributed by atoms with Gasteiger partial charge < -0.3 is 19.7 Å². The van der Waals surface area contributed by atoms with Crippen molar-refractivity contribution in [2.24, 2.45) is 11.8 Å². The number of amides is 2. The molecule has 8 nitrogen and oxygen atoms in total. The van der Waals surface area contributed by atoms with E-state index in [1.54, 1.807) is 11.0 Å². The highest BCUT2D eigenvalue weighted by molar-refractivity contribution is 5.95. The molecule has 186 valence electrons. The molecule has 1 aliphatic carbocycles. The lowest BCUT2D eigenvalue weighted by molar-refractivity contribution is -0.128. The third kappa shape index (κ3) is 4.68. The van der Waals surface area contributed by atoms with Gasteiger partial charge in [0.2, 0.25) is 5.91 Å². The number of hydrogen-bond donors (Lipinski definition) is 2. The molecule has 1 aromatic carbocycles. The number of carbonyl (C=O) groups excluding carboxylic acids is 2. The molecule has 1 saturated heterocycles. The van der Waals surface area contributed by atoms with Crippen molar-refractivity contribution in [2.45, 2.75) is 71.4 Å². The van der Waals surface area contributed by atoms with Gasteiger partial charge in [-0.1, -0.05) is 37.9 Å². The Hall–Kier alpha value is -3.23. The van der Waals surface area contributed by atoms with Gasteiger partial charge in [0.15, 0.2) is 5.82 Å². The first kappa shape index (κ1) is 23.5. The molecule has 2 amide bonds. The van der Waals surface area contributed by atoms with Gasteiger partial charge in [-0.15, -0.1) is 0 Å². The van der Waals surface area contributed by atoms with Crippen LogP contribution in [0.1, 0.15) is 85.9 Å². The van der Waals surface area contributed by atoms with Crippen molar-refractivity contribution in [3.8, 4) is 0 Å². The monoisotopic (exact) mass is 481 g/mol. The van der Waals surface area contributed by atoms with Crippen LogP contribution in [-0.4, -0.2) is 38.4 Å². The number of fused-ring (bicyclic) bond motifs is 1. The lowest BCUT2D eigenvalue weighted by Gasteiger charge is -2.32. The molecule has 1 saturated carbocycles. The summed E-state index contributed by atoms with van der Waals surface area (Å²) in [5.74, 6) is 0.763. The number of aromatic nitrogens is 3. The van der Waals surface area contributed by atoms with Crippen molar-refractivity contribution >= 4 is 22.8 Å². The molecule has 2 N–H and O–H groups in total. The largest absolute Gasteiger partial charge is 0.364 e. The summed E-state index contributed by atoms with van der Waals surface area (Å²) >= 11 is 0. The number of nitrogens with zero attached hydrogens (tertiary/aromatic N) is 3. The van der Waals surface area contributed by atoms with Crippen molar-refractivity contribution in [1.82, 2.24) is 25.3 Å². The Balaban J connectivity index is 1.45. The predicted molar refractivity (Wildman–Crippen MR) is 128 cm³/mol. The number of likely N-dealkylation sites (tertiary alicyclic amines) is 1. The van der Waals surface area contributed by atoms with E-state index in [0.29, 0.717) is 53.5 Å². The molecule has 0 unspecified atom stereocenters. The molecular formula is C26H32FN5O3. The Morgan fingerprint density at radius 1 is 1.31 bits per heavy atom. The second kappa shape index (κ2) is 9.79. The zero-order valence-corrected chi connectivity index (χ0v) is 20.3. The first-order valence-electron chi connectivity index (χ1n) is 12.6. The van der Waals surface area contributed by atoms with Gasteiger partial charge in [0, 0.05) is 25.1 Å². The van der Waals surface area contributed by atoms with Crippen LogP contribution in [0.4, 0.5) is 4.39 Å². The first-order chi connectivity index (χ1) is 16.9. The molecule has 5 rings (SSSR count). The Morgan fingerprint density at radius 2 is 2.11 bits per heavy atom. The van der Waals surface area contributed by atoms with Gasteiger partial charge in [-0.2, -0.15) is 0 Å². The zero-order chi connectivity index (χ0) is 24.5. The second-order valence-corrected chi connectivity index (χ2v) is 9.98. The molecule has 1 atom stereocenters. The maximum Gasteiger partial charge on any atom is 0.257 e. The summed E-state index contributed by atoms with van der Waals surface area (Å²) < 4.78 is 20.5. The average Bonchev–Trinajstić information content (AvgIpc) is 3.60. The summed E-state index contributed by atoms with van der Waals surface area (Å²) in [5.41, 5.74) is 2.30. The van der Waals surface area contributed by atoms with E-state index in [9.17, 15) is 9.59 Å². The molecular weight excluding hydrogens is 449 g/mol. The van der Waals surface area contributed by atoms with Crippen LogP contribution in [0.15, 0.2) is 22.9 Å². The summed E-state index contributed by atoms with van der Waals surface area (Å²) in [7, 11) is 0. The molecule has 35 heavy (non-hydrogen) atoms. The van der Waals surface area contributed by atoms with E-state index in [1.165, 1.54) is 6.26 Å². The maximum absolute atomic E-state index is 15.5. The van der Waals surface area contributed by atoms with Gasteiger partial charge in [0.05, 0.1) is 17.3 Å². The number of aromatic amines is 1. The highest BCUT2D eigenvalue weighted by atomic mass is 19.1. The van der Waals surface area contributed by atoms with Crippen LogP contribution < -0.4 is 5.32 Å². The van der Waals surface area contributed by atoms with E-state index in [0.717, 1.165) is 32.1 Å². The maximum atomic E-state index is 15.5. The number of nitrogens with one attached hydrogen (secondary N) is 2. The minimum Gasteiger partial charge on any atom is -0.364 e. The number of halogens is 1. The zero-order valence-electron chi connectivity index (χ0n) is 20.3. The number of imidazole rings is 1. The van der Waals surface area contributed by atoms with Gasteiger partial charge in [0.1, 0.15) is 23.2 Å². The predicted octanol–water partition coefficient (Wildman–Crippen LogP) is 4.67. The van der Waals surface area contributed by atoms with Gasteiger partial charge in [-0.05, 0) is 43.6 Å². The van der Waals surface area contributed by atoms with Crippen LogP contribution in [0.5, 0.6) is 0 Å². The van der Waals surface area contributed by atoms with E-state index in [2.05, 4.69) is 27.4 Å². The Bertz CT molecular complexity index is 1230. The summed E-state index contributed by atoms with van der Waals surface area (Å²) in [5, 5.41) is 7.07.